The summed E-state index contributed by atoms with van der Waals surface area (Å²) < 4.78 is 1.87. The maximum absolute atomic E-state index is 10.8. The largest absolute Gasteiger partial charge is 0.476 e. The van der Waals surface area contributed by atoms with Crippen LogP contribution >= 0.6 is 0 Å². The summed E-state index contributed by atoms with van der Waals surface area (Å²) >= 11 is 0. The van der Waals surface area contributed by atoms with E-state index in [9.17, 15) is 4.79 Å². The molecule has 2 rings (SSSR count). The molecule has 0 radical (unpaired) electrons. The van der Waals surface area contributed by atoms with Crippen molar-refractivity contribution < 1.29 is 9.90 Å². The predicted molar refractivity (Wildman–Crippen MR) is 56.1 cm³/mol. The predicted octanol–water partition coefficient (Wildman–Crippen LogP) is 2.26. The molecule has 1 heterocycles. The van der Waals surface area contributed by atoms with Crippen molar-refractivity contribution in [2.75, 3.05) is 0 Å². The lowest BCUT2D eigenvalue weighted by molar-refractivity contribution is 0.0689. The van der Waals surface area contributed by atoms with Crippen LogP contribution in [0, 0.1) is 0 Å². The molecule has 0 saturated heterocycles. The van der Waals surface area contributed by atoms with E-state index in [4.69, 9.17) is 5.11 Å². The highest BCUT2D eigenvalue weighted by Gasteiger charge is 2.25. The Morgan fingerprint density at radius 3 is 2.87 bits per heavy atom. The van der Waals surface area contributed by atoms with E-state index in [-0.39, 0.29) is 5.69 Å². The van der Waals surface area contributed by atoms with Gasteiger partial charge in [0.2, 0.25) is 0 Å². The van der Waals surface area contributed by atoms with E-state index in [2.05, 4.69) is 12.0 Å². The highest BCUT2D eigenvalue weighted by Crippen LogP contribution is 2.36. The van der Waals surface area contributed by atoms with Gasteiger partial charge in [-0.3, -0.25) is 4.68 Å². The molecular formula is C11H16N2O2. The zero-order valence-electron chi connectivity index (χ0n) is 8.94. The molecule has 82 valence electrons. The van der Waals surface area contributed by atoms with Gasteiger partial charge in [-0.15, -0.1) is 0 Å². The number of aromatic nitrogens is 2. The molecule has 1 aliphatic rings. The van der Waals surface area contributed by atoms with Gasteiger partial charge in [-0.2, -0.15) is 5.10 Å². The maximum atomic E-state index is 10.8. The van der Waals surface area contributed by atoms with Crippen LogP contribution in [0.1, 0.15) is 54.7 Å². The number of aromatic carboxylic acids is 1. The zero-order chi connectivity index (χ0) is 10.8. The third-order valence-corrected chi connectivity index (χ3v) is 2.99. The number of carbonyl (C=O) groups is 1. The lowest BCUT2D eigenvalue weighted by Crippen LogP contribution is -2.15. The summed E-state index contributed by atoms with van der Waals surface area (Å²) in [5.74, 6) is -0.387. The van der Waals surface area contributed by atoms with Gasteiger partial charge in [-0.25, -0.2) is 4.79 Å². The van der Waals surface area contributed by atoms with E-state index in [0.29, 0.717) is 5.92 Å². The standard InChI is InChI=1S/C11H16N2O2/c1-2-6-13-10(8-4-3-5-8)7-9(12-13)11(14)15/h7-8H,2-6H2,1H3,(H,14,15). The summed E-state index contributed by atoms with van der Waals surface area (Å²) in [7, 11) is 0. The smallest absolute Gasteiger partial charge is 0.356 e. The molecule has 1 fully saturated rings. The molecule has 1 saturated carbocycles. The SMILES string of the molecule is CCCn1nc(C(=O)O)cc1C1CCC1. The van der Waals surface area contributed by atoms with Gasteiger partial charge in [0.15, 0.2) is 5.69 Å². The fraction of sp³-hybridized carbons (Fsp3) is 0.636. The number of aryl methyl sites for hydroxylation is 1. The van der Waals surface area contributed by atoms with Gasteiger partial charge in [0.05, 0.1) is 0 Å². The Bertz CT molecular complexity index is 367. The van der Waals surface area contributed by atoms with Crippen LogP contribution in [0.15, 0.2) is 6.07 Å². The Labute approximate surface area is 88.9 Å². The third kappa shape index (κ3) is 1.89. The minimum absolute atomic E-state index is 0.186. The van der Waals surface area contributed by atoms with Crippen molar-refractivity contribution >= 4 is 5.97 Å². The van der Waals surface area contributed by atoms with E-state index in [1.807, 2.05) is 4.68 Å². The Balaban J connectivity index is 2.27. The van der Waals surface area contributed by atoms with Gasteiger partial charge < -0.3 is 5.11 Å². The Hall–Kier alpha value is -1.32. The number of rotatable bonds is 4. The summed E-state index contributed by atoms with van der Waals surface area (Å²) in [6.45, 7) is 2.89. The average Bonchev–Trinajstić information content (AvgIpc) is 2.47. The van der Waals surface area contributed by atoms with Crippen LogP contribution in [0.2, 0.25) is 0 Å². The van der Waals surface area contributed by atoms with Crippen LogP contribution in [0.5, 0.6) is 0 Å². The van der Waals surface area contributed by atoms with Crippen LogP contribution < -0.4 is 0 Å². The normalized spacial score (nSPS) is 16.3. The minimum Gasteiger partial charge on any atom is -0.476 e. The Kier molecular flexibility index (Phi) is 2.75. The quantitative estimate of drug-likeness (QED) is 0.825. The second-order valence-electron chi connectivity index (χ2n) is 4.11. The molecule has 0 atom stereocenters. The molecule has 0 aromatic carbocycles. The molecule has 4 nitrogen and oxygen atoms in total. The molecular weight excluding hydrogens is 192 g/mol. The van der Waals surface area contributed by atoms with Crippen molar-refractivity contribution in [3.8, 4) is 0 Å². The molecule has 4 heteroatoms. The Morgan fingerprint density at radius 1 is 1.67 bits per heavy atom. The Morgan fingerprint density at radius 2 is 2.40 bits per heavy atom. The van der Waals surface area contributed by atoms with E-state index in [0.717, 1.165) is 18.7 Å². The molecule has 0 amide bonds. The third-order valence-electron chi connectivity index (χ3n) is 2.99. The number of hydrogen-bond acceptors (Lipinski definition) is 2. The highest BCUT2D eigenvalue weighted by molar-refractivity contribution is 5.85. The van der Waals surface area contributed by atoms with Crippen molar-refractivity contribution in [2.45, 2.75) is 45.1 Å². The second-order valence-corrected chi connectivity index (χ2v) is 4.11. The van der Waals surface area contributed by atoms with Crippen molar-refractivity contribution in [1.29, 1.82) is 0 Å². The van der Waals surface area contributed by atoms with E-state index in [1.54, 1.807) is 6.07 Å². The molecule has 0 spiro atoms. The van der Waals surface area contributed by atoms with Crippen molar-refractivity contribution in [2.24, 2.45) is 0 Å². The fourth-order valence-corrected chi connectivity index (χ4v) is 1.96. The van der Waals surface area contributed by atoms with E-state index in [1.165, 1.54) is 19.3 Å². The van der Waals surface area contributed by atoms with Crippen molar-refractivity contribution in [3.63, 3.8) is 0 Å². The van der Waals surface area contributed by atoms with E-state index >= 15 is 0 Å². The number of nitrogens with zero attached hydrogens (tertiary/aromatic N) is 2. The number of hydrogen-bond donors (Lipinski definition) is 1. The molecule has 1 aromatic rings. The summed E-state index contributed by atoms with van der Waals surface area (Å²) in [4.78, 5) is 10.8. The fourth-order valence-electron chi connectivity index (χ4n) is 1.96. The van der Waals surface area contributed by atoms with Crippen molar-refractivity contribution in [3.05, 3.63) is 17.5 Å². The first-order chi connectivity index (χ1) is 7.22. The molecule has 15 heavy (non-hydrogen) atoms. The second kappa shape index (κ2) is 4.04. The van der Waals surface area contributed by atoms with Gasteiger partial charge in [-0.1, -0.05) is 13.3 Å². The van der Waals surface area contributed by atoms with Crippen molar-refractivity contribution in [1.82, 2.24) is 9.78 Å². The maximum Gasteiger partial charge on any atom is 0.356 e. The monoisotopic (exact) mass is 208 g/mol. The molecule has 0 unspecified atom stereocenters. The first kappa shape index (κ1) is 10.2. The van der Waals surface area contributed by atoms with E-state index < -0.39 is 5.97 Å². The van der Waals surface area contributed by atoms with Crippen LogP contribution in [0.25, 0.3) is 0 Å². The highest BCUT2D eigenvalue weighted by atomic mass is 16.4. The number of carboxylic acids is 1. The molecule has 1 N–H and O–H groups in total. The van der Waals surface area contributed by atoms with Gasteiger partial charge in [0.1, 0.15) is 0 Å². The molecule has 0 bridgehead atoms. The topological polar surface area (TPSA) is 55.1 Å². The van der Waals surface area contributed by atoms with Gasteiger partial charge in [0.25, 0.3) is 0 Å². The first-order valence-corrected chi connectivity index (χ1v) is 5.53. The lowest BCUT2D eigenvalue weighted by atomic mass is 9.83. The first-order valence-electron chi connectivity index (χ1n) is 5.53. The lowest BCUT2D eigenvalue weighted by Gasteiger charge is -2.25. The van der Waals surface area contributed by atoms with Gasteiger partial charge in [-0.05, 0) is 25.3 Å². The summed E-state index contributed by atoms with van der Waals surface area (Å²) in [6.07, 6.45) is 4.59. The summed E-state index contributed by atoms with van der Waals surface area (Å²) in [5, 5.41) is 13.0. The van der Waals surface area contributed by atoms with Gasteiger partial charge >= 0.3 is 5.97 Å². The van der Waals surface area contributed by atoms with Gasteiger partial charge in [0, 0.05) is 18.2 Å². The van der Waals surface area contributed by atoms with Crippen LogP contribution in [-0.2, 0) is 6.54 Å². The van der Waals surface area contributed by atoms with Crippen LogP contribution in [0.4, 0.5) is 0 Å². The zero-order valence-corrected chi connectivity index (χ0v) is 8.94. The van der Waals surface area contributed by atoms with Crippen LogP contribution in [0.3, 0.4) is 0 Å². The van der Waals surface area contributed by atoms with Crippen LogP contribution in [-0.4, -0.2) is 20.9 Å². The number of carboxylic acid groups (broad SMARTS) is 1. The summed E-state index contributed by atoms with van der Waals surface area (Å²) in [5.41, 5.74) is 1.30. The summed E-state index contributed by atoms with van der Waals surface area (Å²) in [6, 6.07) is 1.74. The molecule has 1 aromatic heterocycles. The average molecular weight is 208 g/mol. The molecule has 1 aliphatic carbocycles. The molecule has 0 aliphatic heterocycles. The minimum atomic E-state index is -0.926.